The molecule has 3 N–H and O–H groups in total. The SMILES string of the molecule is Cc1cccc(F)c1NC(=O)C(CC(=O)O)NC(=O)OCC1c2ccccc2-c2ccccc21. The van der Waals surface area contributed by atoms with Gasteiger partial charge in [-0.05, 0) is 40.8 Å². The number of nitrogens with one attached hydrogen (secondary N) is 2. The second kappa shape index (κ2) is 9.74. The monoisotopic (exact) mass is 462 g/mol. The summed E-state index contributed by atoms with van der Waals surface area (Å²) in [5.41, 5.74) is 4.56. The van der Waals surface area contributed by atoms with Crippen LogP contribution in [0.4, 0.5) is 14.9 Å². The lowest BCUT2D eigenvalue weighted by Crippen LogP contribution is -2.45. The molecule has 0 aromatic heterocycles. The topological polar surface area (TPSA) is 105 Å². The van der Waals surface area contributed by atoms with Crippen LogP contribution in [0.3, 0.4) is 0 Å². The maximum atomic E-state index is 14.1. The van der Waals surface area contributed by atoms with Crippen LogP contribution in [0, 0.1) is 12.7 Å². The number of halogens is 1. The molecule has 4 rings (SSSR count). The molecule has 1 aliphatic rings. The number of benzene rings is 3. The zero-order valence-electron chi connectivity index (χ0n) is 18.4. The molecule has 0 saturated carbocycles. The summed E-state index contributed by atoms with van der Waals surface area (Å²) in [6, 6.07) is 18.5. The first kappa shape index (κ1) is 23.0. The molecule has 2 amide bonds. The zero-order chi connectivity index (χ0) is 24.2. The number of alkyl carbamates (subject to hydrolysis) is 1. The van der Waals surface area contributed by atoms with E-state index in [0.29, 0.717) is 5.56 Å². The molecule has 0 spiro atoms. The van der Waals surface area contributed by atoms with E-state index < -0.39 is 36.2 Å². The summed E-state index contributed by atoms with van der Waals surface area (Å²) in [5.74, 6) is -3.01. The third-order valence-corrected chi connectivity index (χ3v) is 5.80. The summed E-state index contributed by atoms with van der Waals surface area (Å²) >= 11 is 0. The van der Waals surface area contributed by atoms with Gasteiger partial charge in [-0.1, -0.05) is 60.7 Å². The Morgan fingerprint density at radius 2 is 1.59 bits per heavy atom. The van der Waals surface area contributed by atoms with Crippen molar-refractivity contribution in [3.05, 3.63) is 89.2 Å². The van der Waals surface area contributed by atoms with Gasteiger partial charge in [0.25, 0.3) is 0 Å². The molecule has 1 unspecified atom stereocenters. The van der Waals surface area contributed by atoms with E-state index in [2.05, 4.69) is 10.6 Å². The van der Waals surface area contributed by atoms with E-state index in [1.807, 2.05) is 48.5 Å². The van der Waals surface area contributed by atoms with Crippen molar-refractivity contribution >= 4 is 23.7 Å². The van der Waals surface area contributed by atoms with E-state index in [1.54, 1.807) is 13.0 Å². The number of anilines is 1. The van der Waals surface area contributed by atoms with Gasteiger partial charge in [0.05, 0.1) is 12.1 Å². The third kappa shape index (κ3) is 4.76. The standard InChI is InChI=1S/C26H23FN2O5/c1-15-7-6-12-21(27)24(15)29-25(32)22(13-23(30)31)28-26(33)34-14-20-18-10-4-2-8-16(18)17-9-3-5-11-19(17)20/h2-12,20,22H,13-14H2,1H3,(H,28,33)(H,29,32)(H,30,31). The van der Waals surface area contributed by atoms with Crippen molar-refractivity contribution < 1.29 is 28.6 Å². The highest BCUT2D eigenvalue weighted by Crippen LogP contribution is 2.44. The quantitative estimate of drug-likeness (QED) is 0.481. The van der Waals surface area contributed by atoms with E-state index in [-0.39, 0.29) is 18.2 Å². The van der Waals surface area contributed by atoms with E-state index in [4.69, 9.17) is 4.74 Å². The normalized spacial score (nSPS) is 12.9. The van der Waals surface area contributed by atoms with Crippen molar-refractivity contribution in [3.8, 4) is 11.1 Å². The Hall–Kier alpha value is -4.20. The van der Waals surface area contributed by atoms with Crippen molar-refractivity contribution in [2.24, 2.45) is 0 Å². The van der Waals surface area contributed by atoms with Crippen molar-refractivity contribution in [1.29, 1.82) is 0 Å². The zero-order valence-corrected chi connectivity index (χ0v) is 18.4. The van der Waals surface area contributed by atoms with Gasteiger partial charge in [0, 0.05) is 5.92 Å². The Balaban J connectivity index is 1.45. The molecule has 1 atom stereocenters. The smallest absolute Gasteiger partial charge is 0.407 e. The van der Waals surface area contributed by atoms with Gasteiger partial charge in [-0.25, -0.2) is 9.18 Å². The summed E-state index contributed by atoms with van der Waals surface area (Å²) in [5, 5.41) is 13.9. The van der Waals surface area contributed by atoms with E-state index in [1.165, 1.54) is 12.1 Å². The Labute approximate surface area is 195 Å². The van der Waals surface area contributed by atoms with E-state index in [9.17, 15) is 23.9 Å². The van der Waals surface area contributed by atoms with Crippen LogP contribution >= 0.6 is 0 Å². The van der Waals surface area contributed by atoms with Crippen LogP contribution < -0.4 is 10.6 Å². The Morgan fingerprint density at radius 3 is 2.18 bits per heavy atom. The van der Waals surface area contributed by atoms with Crippen LogP contribution in [0.1, 0.15) is 29.0 Å². The second-order valence-corrected chi connectivity index (χ2v) is 8.04. The third-order valence-electron chi connectivity index (χ3n) is 5.80. The fourth-order valence-corrected chi connectivity index (χ4v) is 4.17. The first-order valence-corrected chi connectivity index (χ1v) is 10.7. The van der Waals surface area contributed by atoms with Gasteiger partial charge in [0.2, 0.25) is 5.91 Å². The first-order valence-electron chi connectivity index (χ1n) is 10.7. The number of hydrogen-bond donors (Lipinski definition) is 3. The molecule has 0 saturated heterocycles. The van der Waals surface area contributed by atoms with Crippen molar-refractivity contribution in [2.75, 3.05) is 11.9 Å². The number of carbonyl (C=O) groups excluding carboxylic acids is 2. The number of ether oxygens (including phenoxy) is 1. The van der Waals surface area contributed by atoms with Crippen molar-refractivity contribution in [1.82, 2.24) is 5.32 Å². The van der Waals surface area contributed by atoms with Crippen LogP contribution in [0.25, 0.3) is 11.1 Å². The number of hydrogen-bond acceptors (Lipinski definition) is 4. The molecule has 8 heteroatoms. The van der Waals surface area contributed by atoms with Crippen molar-refractivity contribution in [3.63, 3.8) is 0 Å². The number of fused-ring (bicyclic) bond motifs is 3. The van der Waals surface area contributed by atoms with Gasteiger partial charge in [0.1, 0.15) is 18.5 Å². The summed E-state index contributed by atoms with van der Waals surface area (Å²) in [4.78, 5) is 36.5. The molecule has 34 heavy (non-hydrogen) atoms. The molecule has 7 nitrogen and oxygen atoms in total. The molecular formula is C26H23FN2O5. The fourth-order valence-electron chi connectivity index (χ4n) is 4.17. The number of carbonyl (C=O) groups is 3. The van der Waals surface area contributed by atoms with Gasteiger partial charge >= 0.3 is 12.1 Å². The Kier molecular flexibility index (Phi) is 6.58. The lowest BCUT2D eigenvalue weighted by Gasteiger charge is -2.19. The summed E-state index contributed by atoms with van der Waals surface area (Å²) in [6.45, 7) is 1.61. The minimum Gasteiger partial charge on any atom is -0.481 e. The molecule has 0 aliphatic heterocycles. The maximum absolute atomic E-state index is 14.1. The van der Waals surface area contributed by atoms with E-state index >= 15 is 0 Å². The second-order valence-electron chi connectivity index (χ2n) is 8.04. The average Bonchev–Trinajstić information content (AvgIpc) is 3.13. The summed E-state index contributed by atoms with van der Waals surface area (Å²) < 4.78 is 19.5. The first-order chi connectivity index (χ1) is 16.3. The lowest BCUT2D eigenvalue weighted by molar-refractivity contribution is -0.139. The predicted molar refractivity (Wildman–Crippen MR) is 124 cm³/mol. The number of aryl methyl sites for hydroxylation is 1. The highest BCUT2D eigenvalue weighted by molar-refractivity contribution is 5.99. The molecule has 1 aliphatic carbocycles. The highest BCUT2D eigenvalue weighted by atomic mass is 19.1. The van der Waals surface area contributed by atoms with Crippen LogP contribution in [-0.4, -0.2) is 35.7 Å². The van der Waals surface area contributed by atoms with Crippen molar-refractivity contribution in [2.45, 2.75) is 25.3 Å². The van der Waals surface area contributed by atoms with Gasteiger partial charge in [-0.2, -0.15) is 0 Å². The highest BCUT2D eigenvalue weighted by Gasteiger charge is 2.30. The summed E-state index contributed by atoms with van der Waals surface area (Å²) in [7, 11) is 0. The maximum Gasteiger partial charge on any atom is 0.407 e. The van der Waals surface area contributed by atoms with Gasteiger partial charge in [-0.15, -0.1) is 0 Å². The van der Waals surface area contributed by atoms with Crippen LogP contribution in [0.5, 0.6) is 0 Å². The number of aliphatic carboxylic acids is 1. The minimum atomic E-state index is -1.45. The molecule has 174 valence electrons. The van der Waals surface area contributed by atoms with Gasteiger partial charge < -0.3 is 20.5 Å². The van der Waals surface area contributed by atoms with E-state index in [0.717, 1.165) is 22.3 Å². The molecule has 3 aromatic rings. The molecule has 0 radical (unpaired) electrons. The molecule has 0 heterocycles. The number of carboxylic acids is 1. The number of amides is 2. The van der Waals surface area contributed by atoms with Crippen LogP contribution in [0.2, 0.25) is 0 Å². The number of carboxylic acid groups (broad SMARTS) is 1. The Bertz CT molecular complexity index is 1190. The predicted octanol–water partition coefficient (Wildman–Crippen LogP) is 4.45. The number of rotatable bonds is 7. The molecule has 0 bridgehead atoms. The lowest BCUT2D eigenvalue weighted by atomic mass is 9.98. The van der Waals surface area contributed by atoms with Gasteiger partial charge in [0.15, 0.2) is 0 Å². The molecular weight excluding hydrogens is 439 g/mol. The summed E-state index contributed by atoms with van der Waals surface area (Å²) in [6.07, 6.45) is -1.63. The fraction of sp³-hybridized carbons (Fsp3) is 0.192. The molecule has 3 aromatic carbocycles. The average molecular weight is 462 g/mol. The van der Waals surface area contributed by atoms with Crippen LogP contribution in [-0.2, 0) is 14.3 Å². The minimum absolute atomic E-state index is 0.00763. The number of para-hydroxylation sites is 1. The van der Waals surface area contributed by atoms with Crippen LogP contribution in [0.15, 0.2) is 66.7 Å². The Morgan fingerprint density at radius 1 is 0.971 bits per heavy atom. The van der Waals surface area contributed by atoms with Gasteiger partial charge in [-0.3, -0.25) is 9.59 Å². The largest absolute Gasteiger partial charge is 0.481 e. The molecule has 0 fully saturated rings.